The summed E-state index contributed by atoms with van der Waals surface area (Å²) in [6.07, 6.45) is 2.25. The molecule has 202 valence electrons. The SMILES string of the molecule is CCCN(CCNC(=O)c1ccc(NS(=O)(=O)c2cccc3cccnc23)cc1)C(=O)c1ccc(Cl)nc1Cl. The lowest BCUT2D eigenvalue weighted by Crippen LogP contribution is -2.39. The average molecular weight is 587 g/mol. The summed E-state index contributed by atoms with van der Waals surface area (Å²) in [5, 5.41) is 3.70. The molecule has 0 aliphatic rings. The maximum absolute atomic E-state index is 13.0. The van der Waals surface area contributed by atoms with Crippen LogP contribution in [0.3, 0.4) is 0 Å². The molecule has 2 amide bonds. The fraction of sp³-hybridized carbons (Fsp3) is 0.185. The van der Waals surface area contributed by atoms with Gasteiger partial charge in [-0.25, -0.2) is 13.4 Å². The monoisotopic (exact) mass is 585 g/mol. The van der Waals surface area contributed by atoms with Crippen molar-refractivity contribution in [2.24, 2.45) is 0 Å². The summed E-state index contributed by atoms with van der Waals surface area (Å²) < 4.78 is 28.5. The number of pyridine rings is 2. The third-order valence-corrected chi connectivity index (χ3v) is 7.69. The van der Waals surface area contributed by atoms with Crippen LogP contribution in [-0.2, 0) is 10.0 Å². The summed E-state index contributed by atoms with van der Waals surface area (Å²) in [6.45, 7) is 2.86. The van der Waals surface area contributed by atoms with Gasteiger partial charge in [0.25, 0.3) is 21.8 Å². The molecule has 0 aliphatic heterocycles. The smallest absolute Gasteiger partial charge is 0.264 e. The first-order chi connectivity index (χ1) is 18.7. The van der Waals surface area contributed by atoms with Crippen molar-refractivity contribution in [3.63, 3.8) is 0 Å². The van der Waals surface area contributed by atoms with Crippen LogP contribution in [-0.4, -0.2) is 54.7 Å². The number of benzene rings is 2. The van der Waals surface area contributed by atoms with E-state index in [4.69, 9.17) is 23.2 Å². The Hall–Kier alpha value is -3.73. The number of rotatable bonds is 10. The van der Waals surface area contributed by atoms with Crippen LogP contribution >= 0.6 is 23.2 Å². The van der Waals surface area contributed by atoms with Crippen molar-refractivity contribution in [2.75, 3.05) is 24.4 Å². The van der Waals surface area contributed by atoms with Gasteiger partial charge in [-0.1, -0.05) is 48.3 Å². The number of hydrogen-bond donors (Lipinski definition) is 2. The van der Waals surface area contributed by atoms with Crippen molar-refractivity contribution in [1.29, 1.82) is 0 Å². The van der Waals surface area contributed by atoms with Crippen LogP contribution < -0.4 is 10.0 Å². The first-order valence-electron chi connectivity index (χ1n) is 12.1. The quantitative estimate of drug-likeness (QED) is 0.252. The molecule has 2 aromatic carbocycles. The molecule has 0 aliphatic carbocycles. The molecule has 0 bridgehead atoms. The first-order valence-corrected chi connectivity index (χ1v) is 14.3. The number of anilines is 1. The highest BCUT2D eigenvalue weighted by Gasteiger charge is 2.20. The van der Waals surface area contributed by atoms with Crippen LogP contribution in [0.1, 0.15) is 34.1 Å². The van der Waals surface area contributed by atoms with E-state index in [0.717, 1.165) is 0 Å². The summed E-state index contributed by atoms with van der Waals surface area (Å²) in [5.41, 5.74) is 1.24. The Kier molecular flexibility index (Phi) is 9.01. The van der Waals surface area contributed by atoms with Gasteiger partial charge in [0.1, 0.15) is 15.2 Å². The standard InChI is InChI=1S/C27H25Cl2N5O4S/c1-2-16-34(27(36)21-12-13-23(28)32-25(21)29)17-15-31-26(35)19-8-10-20(11-9-19)33-39(37,38)22-7-3-5-18-6-4-14-30-24(18)22/h3-14,33H,2,15-17H2,1H3,(H,31,35). The molecule has 2 N–H and O–H groups in total. The fourth-order valence-electron chi connectivity index (χ4n) is 3.93. The van der Waals surface area contributed by atoms with Crippen molar-refractivity contribution in [1.82, 2.24) is 20.2 Å². The molecule has 0 unspecified atom stereocenters. The summed E-state index contributed by atoms with van der Waals surface area (Å²) in [7, 11) is -3.91. The van der Waals surface area contributed by atoms with E-state index in [0.29, 0.717) is 35.1 Å². The van der Waals surface area contributed by atoms with Crippen LogP contribution in [0, 0.1) is 0 Å². The highest BCUT2D eigenvalue weighted by Crippen LogP contribution is 2.23. The van der Waals surface area contributed by atoms with Gasteiger partial charge in [-0.05, 0) is 55.0 Å². The number of amides is 2. The first kappa shape index (κ1) is 28.3. The van der Waals surface area contributed by atoms with E-state index in [1.165, 1.54) is 48.7 Å². The van der Waals surface area contributed by atoms with Crippen molar-refractivity contribution >= 4 is 61.6 Å². The van der Waals surface area contributed by atoms with Gasteiger partial charge in [0.2, 0.25) is 0 Å². The number of carbonyl (C=O) groups is 2. The molecule has 2 heterocycles. The Bertz CT molecular complexity index is 1610. The second kappa shape index (κ2) is 12.4. The lowest BCUT2D eigenvalue weighted by Gasteiger charge is -2.22. The summed E-state index contributed by atoms with van der Waals surface area (Å²) in [6, 6.07) is 17.5. The van der Waals surface area contributed by atoms with E-state index < -0.39 is 10.0 Å². The van der Waals surface area contributed by atoms with Crippen LogP contribution in [0.4, 0.5) is 5.69 Å². The normalized spacial score (nSPS) is 11.3. The molecule has 39 heavy (non-hydrogen) atoms. The number of nitrogens with zero attached hydrogens (tertiary/aromatic N) is 3. The molecule has 12 heteroatoms. The third-order valence-electron chi connectivity index (χ3n) is 5.78. The molecule has 2 aromatic heterocycles. The van der Waals surface area contributed by atoms with Gasteiger partial charge in [-0.2, -0.15) is 0 Å². The Balaban J connectivity index is 1.37. The maximum Gasteiger partial charge on any atom is 0.264 e. The van der Waals surface area contributed by atoms with E-state index in [9.17, 15) is 18.0 Å². The lowest BCUT2D eigenvalue weighted by molar-refractivity contribution is 0.0748. The van der Waals surface area contributed by atoms with E-state index in [2.05, 4.69) is 20.0 Å². The van der Waals surface area contributed by atoms with Gasteiger partial charge in [0.15, 0.2) is 0 Å². The van der Waals surface area contributed by atoms with Crippen LogP contribution in [0.2, 0.25) is 10.3 Å². The molecule has 0 radical (unpaired) electrons. The van der Waals surface area contributed by atoms with E-state index in [1.54, 1.807) is 29.2 Å². The molecule has 0 fully saturated rings. The average Bonchev–Trinajstić information content (AvgIpc) is 2.92. The number of carbonyl (C=O) groups excluding carboxylic acids is 2. The second-order valence-electron chi connectivity index (χ2n) is 8.53. The Morgan fingerprint density at radius 3 is 2.41 bits per heavy atom. The molecule has 9 nitrogen and oxygen atoms in total. The van der Waals surface area contributed by atoms with E-state index in [-0.39, 0.29) is 45.7 Å². The van der Waals surface area contributed by atoms with Crippen LogP contribution in [0.15, 0.2) is 77.8 Å². The number of halogens is 2. The molecule has 4 rings (SSSR count). The van der Waals surface area contributed by atoms with Crippen LogP contribution in [0.25, 0.3) is 10.9 Å². The Morgan fingerprint density at radius 1 is 0.949 bits per heavy atom. The highest BCUT2D eigenvalue weighted by molar-refractivity contribution is 7.93. The highest BCUT2D eigenvalue weighted by atomic mass is 35.5. The molecular weight excluding hydrogens is 561 g/mol. The second-order valence-corrected chi connectivity index (χ2v) is 10.9. The zero-order valence-corrected chi connectivity index (χ0v) is 23.2. The summed E-state index contributed by atoms with van der Waals surface area (Å²) in [4.78, 5) is 35.4. The maximum atomic E-state index is 13.0. The van der Waals surface area contributed by atoms with Gasteiger partial charge in [-0.15, -0.1) is 0 Å². The zero-order valence-electron chi connectivity index (χ0n) is 20.9. The summed E-state index contributed by atoms with van der Waals surface area (Å²) in [5.74, 6) is -0.670. The van der Waals surface area contributed by atoms with E-state index in [1.807, 2.05) is 6.92 Å². The number of nitrogens with one attached hydrogen (secondary N) is 2. The fourth-order valence-corrected chi connectivity index (χ4v) is 5.59. The zero-order chi connectivity index (χ0) is 28.0. The number of aromatic nitrogens is 2. The number of para-hydroxylation sites is 1. The van der Waals surface area contributed by atoms with Gasteiger partial charge in [0, 0.05) is 42.5 Å². The topological polar surface area (TPSA) is 121 Å². The number of hydrogen-bond acceptors (Lipinski definition) is 6. The van der Waals surface area contributed by atoms with Gasteiger partial charge in [0.05, 0.1) is 11.1 Å². The van der Waals surface area contributed by atoms with Gasteiger partial charge >= 0.3 is 0 Å². The molecule has 0 atom stereocenters. The van der Waals surface area contributed by atoms with Gasteiger partial charge in [-0.3, -0.25) is 19.3 Å². The van der Waals surface area contributed by atoms with Gasteiger partial charge < -0.3 is 10.2 Å². The lowest BCUT2D eigenvalue weighted by atomic mass is 10.2. The van der Waals surface area contributed by atoms with Crippen molar-refractivity contribution in [2.45, 2.75) is 18.2 Å². The molecule has 0 saturated heterocycles. The Morgan fingerprint density at radius 2 is 1.69 bits per heavy atom. The van der Waals surface area contributed by atoms with Crippen LogP contribution in [0.5, 0.6) is 0 Å². The minimum Gasteiger partial charge on any atom is -0.350 e. The number of fused-ring (bicyclic) bond motifs is 1. The van der Waals surface area contributed by atoms with Crippen molar-refractivity contribution in [3.05, 3.63) is 94.4 Å². The Labute approximate surface area is 236 Å². The minimum absolute atomic E-state index is 0.0186. The molecule has 4 aromatic rings. The molecule has 0 spiro atoms. The predicted molar refractivity (Wildman–Crippen MR) is 152 cm³/mol. The third kappa shape index (κ3) is 6.83. The predicted octanol–water partition coefficient (Wildman–Crippen LogP) is 5.02. The summed E-state index contributed by atoms with van der Waals surface area (Å²) >= 11 is 11.9. The number of sulfonamides is 1. The molecule has 0 saturated carbocycles. The minimum atomic E-state index is -3.91. The van der Waals surface area contributed by atoms with Crippen molar-refractivity contribution in [3.8, 4) is 0 Å². The largest absolute Gasteiger partial charge is 0.350 e. The van der Waals surface area contributed by atoms with E-state index >= 15 is 0 Å². The molecular formula is C27H25Cl2N5O4S. The van der Waals surface area contributed by atoms with Crippen molar-refractivity contribution < 1.29 is 18.0 Å².